The Labute approximate surface area is 151 Å². The van der Waals surface area contributed by atoms with Gasteiger partial charge in [-0.25, -0.2) is 8.42 Å². The molecule has 1 aliphatic rings. The van der Waals surface area contributed by atoms with E-state index < -0.39 is 22.2 Å². The van der Waals surface area contributed by atoms with Gasteiger partial charge in [-0.2, -0.15) is 0 Å². The Hall–Kier alpha value is -0.270. The van der Waals surface area contributed by atoms with E-state index in [1.807, 2.05) is 6.07 Å². The monoisotopic (exact) mass is 349 g/mol. The van der Waals surface area contributed by atoms with Crippen molar-refractivity contribution in [3.8, 4) is 5.75 Å². The predicted molar refractivity (Wildman–Crippen MR) is 75.0 cm³/mol. The van der Waals surface area contributed by atoms with Crippen molar-refractivity contribution in [2.75, 3.05) is 6.61 Å². The van der Waals surface area contributed by atoms with Crippen LogP contribution in [0.1, 0.15) is 25.5 Å². The van der Waals surface area contributed by atoms with Crippen molar-refractivity contribution < 1.29 is 68.1 Å². The van der Waals surface area contributed by atoms with E-state index in [4.69, 9.17) is 14.6 Å². The van der Waals surface area contributed by atoms with Crippen LogP contribution in [0.15, 0.2) is 24.3 Å². The molecule has 0 unspecified atom stereocenters. The van der Waals surface area contributed by atoms with Gasteiger partial charge in [-0.05, 0) is 6.07 Å². The number of fused-ring (bicyclic) bond motifs is 1. The largest absolute Gasteiger partial charge is 1.00 e. The average Bonchev–Trinajstić information content (AvgIpc) is 2.23. The zero-order valence-corrected chi connectivity index (χ0v) is 15.4. The molecule has 0 fully saturated rings. The van der Waals surface area contributed by atoms with Gasteiger partial charge in [0.05, 0.1) is 6.61 Å². The molecule has 1 aromatic carbocycles. The third kappa shape index (κ3) is 7.33. The molecule has 0 saturated carbocycles. The van der Waals surface area contributed by atoms with Crippen molar-refractivity contribution in [2.24, 2.45) is 0 Å². The molecule has 0 aromatic heterocycles. The SMILES string of the molecule is CC1(C)Oc2ccccc2[C@H](COS([NH-])(=O)=O)O1.O.O.O.[Na+]. The first-order chi connectivity index (χ1) is 8.27. The van der Waals surface area contributed by atoms with E-state index in [9.17, 15) is 8.42 Å². The molecule has 0 amide bonds. The van der Waals surface area contributed by atoms with Gasteiger partial charge < -0.3 is 31.0 Å². The number of benzene rings is 1. The Morgan fingerprint density at radius 1 is 1.23 bits per heavy atom. The summed E-state index contributed by atoms with van der Waals surface area (Å²) >= 11 is 0. The smallest absolute Gasteiger partial charge is 0.540 e. The number of para-hydroxylation sites is 1. The third-order valence-electron chi connectivity index (χ3n) is 2.42. The fourth-order valence-electron chi connectivity index (χ4n) is 1.81. The van der Waals surface area contributed by atoms with E-state index in [1.165, 1.54) is 0 Å². The molecule has 0 radical (unpaired) electrons. The van der Waals surface area contributed by atoms with E-state index in [1.54, 1.807) is 32.0 Å². The topological polar surface area (TPSA) is 180 Å². The Balaban J connectivity index is -0.000000902. The zero-order chi connectivity index (χ0) is 13.4. The zero-order valence-electron chi connectivity index (χ0n) is 12.5. The summed E-state index contributed by atoms with van der Waals surface area (Å²) in [6, 6.07) is 7.17. The maximum Gasteiger partial charge on any atom is 1.00 e. The first-order valence-corrected chi connectivity index (χ1v) is 6.77. The van der Waals surface area contributed by atoms with Crippen LogP contribution >= 0.6 is 0 Å². The molecule has 9 nitrogen and oxygen atoms in total. The molecule has 1 aromatic rings. The molecule has 124 valence electrons. The van der Waals surface area contributed by atoms with Gasteiger partial charge in [0.1, 0.15) is 11.9 Å². The summed E-state index contributed by atoms with van der Waals surface area (Å²) in [5.74, 6) is -0.238. The van der Waals surface area contributed by atoms with E-state index >= 15 is 0 Å². The standard InChI is InChI=1S/C11H14NO5S.Na.3H2O/c1-11(2)16-9-6-4-3-5-8(9)10(17-11)7-15-18(12,13)14;;;;/h3-6,10H,7H2,1-2H3,(H-,12,13,14);;3*1H2/q-1;+1;;;/t10-;;;;/m0..../s1. The average molecular weight is 349 g/mol. The Bertz CT molecular complexity index is 551. The molecule has 1 aliphatic heterocycles. The number of nitrogens with one attached hydrogen (secondary N) is 1. The molecule has 2 rings (SSSR count). The molecule has 0 bridgehead atoms. The van der Waals surface area contributed by atoms with Crippen molar-refractivity contribution in [3.05, 3.63) is 35.0 Å². The van der Waals surface area contributed by atoms with Gasteiger partial charge in [-0.1, -0.05) is 18.2 Å². The van der Waals surface area contributed by atoms with Crippen LogP contribution in [0.5, 0.6) is 5.75 Å². The van der Waals surface area contributed by atoms with E-state index in [2.05, 4.69) is 4.18 Å². The first kappa shape index (κ1) is 26.6. The molecule has 7 N–H and O–H groups in total. The molecule has 11 heteroatoms. The van der Waals surface area contributed by atoms with Crippen LogP contribution in [-0.2, 0) is 19.2 Å². The van der Waals surface area contributed by atoms with E-state index in [0.717, 1.165) is 0 Å². The Morgan fingerprint density at radius 2 is 1.77 bits per heavy atom. The van der Waals surface area contributed by atoms with Crippen LogP contribution < -0.4 is 34.3 Å². The van der Waals surface area contributed by atoms with Crippen LogP contribution in [0.2, 0.25) is 0 Å². The summed E-state index contributed by atoms with van der Waals surface area (Å²) in [6.45, 7) is 3.21. The van der Waals surface area contributed by atoms with Gasteiger partial charge in [-0.15, -0.1) is 0 Å². The van der Waals surface area contributed by atoms with Gasteiger partial charge in [0.25, 0.3) is 0 Å². The fourth-order valence-corrected chi connectivity index (χ4v) is 2.11. The summed E-state index contributed by atoms with van der Waals surface area (Å²) in [7, 11) is -4.23. The Kier molecular flexibility index (Phi) is 11.8. The van der Waals surface area contributed by atoms with Crippen LogP contribution in [0, 0.1) is 0 Å². The second-order valence-electron chi connectivity index (χ2n) is 4.38. The maximum absolute atomic E-state index is 10.7. The van der Waals surface area contributed by atoms with Crippen molar-refractivity contribution in [1.29, 1.82) is 0 Å². The summed E-state index contributed by atoms with van der Waals surface area (Å²) < 4.78 is 37.1. The molecule has 0 saturated heterocycles. The van der Waals surface area contributed by atoms with Crippen molar-refractivity contribution in [1.82, 2.24) is 0 Å². The van der Waals surface area contributed by atoms with Crippen LogP contribution in [0.3, 0.4) is 0 Å². The summed E-state index contributed by atoms with van der Waals surface area (Å²) in [5, 5.41) is 6.70. The van der Waals surface area contributed by atoms with Crippen molar-refractivity contribution in [3.63, 3.8) is 0 Å². The first-order valence-electron chi connectivity index (χ1n) is 5.37. The summed E-state index contributed by atoms with van der Waals surface area (Å²) in [5.41, 5.74) is 0.709. The van der Waals surface area contributed by atoms with Crippen LogP contribution in [0.4, 0.5) is 0 Å². The molecule has 0 spiro atoms. The van der Waals surface area contributed by atoms with Crippen LogP contribution in [0.25, 0.3) is 5.14 Å². The second-order valence-corrected chi connectivity index (χ2v) is 5.53. The van der Waals surface area contributed by atoms with Gasteiger partial charge in [-0.3, -0.25) is 4.18 Å². The predicted octanol–water partition coefficient (Wildman–Crippen LogP) is -3.28. The van der Waals surface area contributed by atoms with Gasteiger partial charge >= 0.3 is 29.6 Å². The van der Waals surface area contributed by atoms with Gasteiger partial charge in [0, 0.05) is 19.4 Å². The number of ether oxygens (including phenoxy) is 2. The minimum Gasteiger partial charge on any atom is -0.540 e. The minimum atomic E-state index is -4.23. The number of hydrogen-bond donors (Lipinski definition) is 0. The fraction of sp³-hybridized carbons (Fsp3) is 0.455. The second kappa shape index (κ2) is 9.78. The molecule has 1 heterocycles. The van der Waals surface area contributed by atoms with Crippen molar-refractivity contribution >= 4 is 10.3 Å². The molecule has 0 aliphatic carbocycles. The summed E-state index contributed by atoms with van der Waals surface area (Å²) in [4.78, 5) is 0. The maximum atomic E-state index is 10.7. The van der Waals surface area contributed by atoms with Gasteiger partial charge in [0.2, 0.25) is 5.79 Å². The van der Waals surface area contributed by atoms with E-state index in [0.29, 0.717) is 11.3 Å². The van der Waals surface area contributed by atoms with Gasteiger partial charge in [0.15, 0.2) is 10.3 Å². The van der Waals surface area contributed by atoms with Crippen molar-refractivity contribution in [2.45, 2.75) is 25.7 Å². The molecular weight excluding hydrogens is 329 g/mol. The quantitative estimate of drug-likeness (QED) is 0.518. The Morgan fingerprint density at radius 3 is 2.32 bits per heavy atom. The molecule has 22 heavy (non-hydrogen) atoms. The van der Waals surface area contributed by atoms with E-state index in [-0.39, 0.29) is 52.6 Å². The summed E-state index contributed by atoms with van der Waals surface area (Å²) in [6.07, 6.45) is -0.579. The minimum absolute atomic E-state index is 0. The third-order valence-corrected chi connectivity index (χ3v) is 2.87. The number of rotatable bonds is 3. The number of hydrogen-bond acceptors (Lipinski definition) is 5. The molecular formula is C11H20NNaO8S. The van der Waals surface area contributed by atoms with Crippen LogP contribution in [-0.4, -0.2) is 37.2 Å². The normalized spacial score (nSPS) is 18.0. The molecule has 1 atom stereocenters.